The molecular formula is C15H15NaO5S. The van der Waals surface area contributed by atoms with Gasteiger partial charge in [-0.1, -0.05) is 31.2 Å². The predicted octanol–water partition coefficient (Wildman–Crippen LogP) is -0.699. The summed E-state index contributed by atoms with van der Waals surface area (Å²) in [5.74, 6) is -0.0319. The SMILES string of the molecule is CCC(c1ccc(O)cc1)(c1ccc(O)cc1)S(=O)(=O)[O-].[Na+]. The molecule has 2 N–H and O–H groups in total. The molecule has 112 valence electrons. The molecule has 7 heteroatoms. The van der Waals surface area contributed by atoms with Gasteiger partial charge in [0.25, 0.3) is 0 Å². The number of hydrogen-bond acceptors (Lipinski definition) is 5. The van der Waals surface area contributed by atoms with Crippen LogP contribution in [0, 0.1) is 0 Å². The summed E-state index contributed by atoms with van der Waals surface area (Å²) in [6.45, 7) is 1.61. The van der Waals surface area contributed by atoms with Crippen molar-refractivity contribution < 1.29 is 52.7 Å². The van der Waals surface area contributed by atoms with Crippen LogP contribution >= 0.6 is 0 Å². The van der Waals surface area contributed by atoms with Gasteiger partial charge in [0.2, 0.25) is 0 Å². The molecule has 0 aliphatic heterocycles. The largest absolute Gasteiger partial charge is 1.00 e. The fourth-order valence-electron chi connectivity index (χ4n) is 2.50. The molecule has 0 saturated heterocycles. The standard InChI is InChI=1S/C15H16O5S.Na/c1-2-15(21(18,19)20,11-3-7-13(16)8-4-11)12-5-9-14(17)10-6-12;/h3-10,16-17H,2H2,1H3,(H,18,19,20);/q;+1/p-1. The molecule has 0 aliphatic carbocycles. The third kappa shape index (κ3) is 3.31. The van der Waals surface area contributed by atoms with Crippen LogP contribution in [0.25, 0.3) is 0 Å². The Kier molecular flexibility index (Phi) is 6.06. The van der Waals surface area contributed by atoms with Gasteiger partial charge in [-0.25, -0.2) is 8.42 Å². The topological polar surface area (TPSA) is 97.7 Å². The summed E-state index contributed by atoms with van der Waals surface area (Å²) in [7, 11) is -4.72. The van der Waals surface area contributed by atoms with Gasteiger partial charge < -0.3 is 14.8 Å². The molecule has 5 nitrogen and oxygen atoms in total. The third-order valence-corrected chi connectivity index (χ3v) is 5.21. The number of benzene rings is 2. The van der Waals surface area contributed by atoms with Crippen LogP contribution in [0.15, 0.2) is 48.5 Å². The van der Waals surface area contributed by atoms with E-state index in [9.17, 15) is 23.2 Å². The molecule has 0 atom stereocenters. The van der Waals surface area contributed by atoms with Crippen LogP contribution in [0.4, 0.5) is 0 Å². The Labute approximate surface area is 151 Å². The fraction of sp³-hybridized carbons (Fsp3) is 0.200. The van der Waals surface area contributed by atoms with E-state index in [0.29, 0.717) is 0 Å². The summed E-state index contributed by atoms with van der Waals surface area (Å²) in [6, 6.07) is 11.0. The van der Waals surface area contributed by atoms with Gasteiger partial charge in [-0.05, 0) is 41.8 Å². The normalized spacial score (nSPS) is 11.7. The Morgan fingerprint density at radius 1 is 0.909 bits per heavy atom. The van der Waals surface area contributed by atoms with E-state index in [2.05, 4.69) is 0 Å². The molecule has 0 aromatic heterocycles. The van der Waals surface area contributed by atoms with E-state index in [1.54, 1.807) is 6.92 Å². The molecule has 0 spiro atoms. The van der Waals surface area contributed by atoms with Gasteiger partial charge in [-0.2, -0.15) is 0 Å². The smallest absolute Gasteiger partial charge is 0.747 e. The first kappa shape index (κ1) is 19.0. The molecule has 0 fully saturated rings. The van der Waals surface area contributed by atoms with Crippen molar-refractivity contribution in [2.45, 2.75) is 18.1 Å². The van der Waals surface area contributed by atoms with Gasteiger partial charge in [-0.3, -0.25) is 0 Å². The number of phenols is 2. The Balaban J connectivity index is 0.00000242. The Morgan fingerprint density at radius 2 is 1.23 bits per heavy atom. The average Bonchev–Trinajstić information content (AvgIpc) is 2.42. The van der Waals surface area contributed by atoms with E-state index < -0.39 is 14.9 Å². The van der Waals surface area contributed by atoms with Crippen LogP contribution in [0.5, 0.6) is 11.5 Å². The molecule has 0 saturated carbocycles. The van der Waals surface area contributed by atoms with Crippen LogP contribution in [0.3, 0.4) is 0 Å². The molecule has 2 aromatic carbocycles. The van der Waals surface area contributed by atoms with Gasteiger partial charge in [0.15, 0.2) is 0 Å². The summed E-state index contributed by atoms with van der Waals surface area (Å²) in [5, 5.41) is 18.7. The van der Waals surface area contributed by atoms with Crippen molar-refractivity contribution in [1.29, 1.82) is 0 Å². The maximum Gasteiger partial charge on any atom is 1.00 e. The van der Waals surface area contributed by atoms with Crippen molar-refractivity contribution >= 4 is 10.1 Å². The van der Waals surface area contributed by atoms with E-state index in [4.69, 9.17) is 0 Å². The molecule has 22 heavy (non-hydrogen) atoms. The molecule has 0 aliphatic rings. The zero-order valence-corrected chi connectivity index (χ0v) is 15.2. The maximum atomic E-state index is 12.0. The first-order valence-corrected chi connectivity index (χ1v) is 7.76. The quantitative estimate of drug-likeness (QED) is 0.571. The minimum atomic E-state index is -4.72. The van der Waals surface area contributed by atoms with Gasteiger partial charge in [0.05, 0.1) is 0 Å². The van der Waals surface area contributed by atoms with Crippen LogP contribution in [0.2, 0.25) is 0 Å². The van der Waals surface area contributed by atoms with E-state index in [0.717, 1.165) is 0 Å². The Hall–Kier alpha value is -1.05. The van der Waals surface area contributed by atoms with E-state index in [1.165, 1.54) is 48.5 Å². The number of phenolic OH excluding ortho intramolecular Hbond substituents is 2. The van der Waals surface area contributed by atoms with Crippen LogP contribution in [-0.2, 0) is 14.9 Å². The second-order valence-electron chi connectivity index (χ2n) is 4.73. The molecule has 2 rings (SSSR count). The van der Waals surface area contributed by atoms with Crippen molar-refractivity contribution in [3.05, 3.63) is 59.7 Å². The van der Waals surface area contributed by atoms with Crippen LogP contribution < -0.4 is 29.6 Å². The van der Waals surface area contributed by atoms with Crippen molar-refractivity contribution in [2.75, 3.05) is 0 Å². The fourth-order valence-corrected chi connectivity index (χ4v) is 3.70. The Morgan fingerprint density at radius 3 is 1.45 bits per heavy atom. The van der Waals surface area contributed by atoms with Crippen LogP contribution in [0.1, 0.15) is 24.5 Å². The van der Waals surface area contributed by atoms with Crippen molar-refractivity contribution in [3.63, 3.8) is 0 Å². The molecule has 0 unspecified atom stereocenters. The average molecular weight is 330 g/mol. The summed E-state index contributed by atoms with van der Waals surface area (Å²) in [4.78, 5) is 0. The molecule has 0 amide bonds. The molecule has 0 radical (unpaired) electrons. The van der Waals surface area contributed by atoms with Crippen molar-refractivity contribution in [3.8, 4) is 11.5 Å². The van der Waals surface area contributed by atoms with E-state index >= 15 is 0 Å². The van der Waals surface area contributed by atoms with Gasteiger partial charge in [0.1, 0.15) is 26.4 Å². The minimum Gasteiger partial charge on any atom is -0.747 e. The van der Waals surface area contributed by atoms with Gasteiger partial charge >= 0.3 is 29.6 Å². The third-order valence-electron chi connectivity index (χ3n) is 3.59. The summed E-state index contributed by atoms with van der Waals surface area (Å²) in [5.41, 5.74) is 0.562. The maximum absolute atomic E-state index is 12.0. The van der Waals surface area contributed by atoms with Crippen LogP contribution in [-0.4, -0.2) is 23.2 Å². The van der Waals surface area contributed by atoms with Crippen molar-refractivity contribution in [1.82, 2.24) is 0 Å². The number of rotatable bonds is 4. The van der Waals surface area contributed by atoms with Crippen molar-refractivity contribution in [2.24, 2.45) is 0 Å². The monoisotopic (exact) mass is 330 g/mol. The molecular weight excluding hydrogens is 315 g/mol. The number of aromatic hydroxyl groups is 2. The first-order chi connectivity index (χ1) is 9.81. The molecule has 0 bridgehead atoms. The molecule has 2 aromatic rings. The van der Waals surface area contributed by atoms with E-state index in [-0.39, 0.29) is 58.6 Å². The zero-order chi connectivity index (χ0) is 15.7. The van der Waals surface area contributed by atoms with E-state index in [1.807, 2.05) is 0 Å². The predicted molar refractivity (Wildman–Crippen MR) is 77.0 cm³/mol. The minimum absolute atomic E-state index is 0. The first-order valence-electron chi connectivity index (χ1n) is 6.35. The molecule has 0 heterocycles. The summed E-state index contributed by atoms with van der Waals surface area (Å²) in [6.07, 6.45) is 0.0361. The Bertz CT molecular complexity index is 678. The number of hydrogen-bond donors (Lipinski definition) is 2. The summed E-state index contributed by atoms with van der Waals surface area (Å²) < 4.78 is 34.2. The zero-order valence-electron chi connectivity index (χ0n) is 12.4. The van der Waals surface area contributed by atoms with Gasteiger partial charge in [0, 0.05) is 0 Å². The summed E-state index contributed by atoms with van der Waals surface area (Å²) >= 11 is 0. The second-order valence-corrected chi connectivity index (χ2v) is 6.33. The second kappa shape index (κ2) is 7.02. The van der Waals surface area contributed by atoms with Gasteiger partial charge in [-0.15, -0.1) is 0 Å².